The molecule has 2 rings (SSSR count). The minimum atomic E-state index is 0.574. The summed E-state index contributed by atoms with van der Waals surface area (Å²) in [7, 11) is 1.58. The zero-order valence-electron chi connectivity index (χ0n) is 11.9. The van der Waals surface area contributed by atoms with Gasteiger partial charge in [0.05, 0.1) is 12.7 Å². The number of nitrogens with one attached hydrogen (secondary N) is 1. The Balaban J connectivity index is 2.18. The summed E-state index contributed by atoms with van der Waals surface area (Å²) in [5.41, 5.74) is 2.91. The summed E-state index contributed by atoms with van der Waals surface area (Å²) in [4.78, 5) is 0. The second-order valence-corrected chi connectivity index (χ2v) is 4.55. The van der Waals surface area contributed by atoms with Gasteiger partial charge in [-0.2, -0.15) is 5.26 Å². The molecule has 0 aliphatic carbocycles. The lowest BCUT2D eigenvalue weighted by Gasteiger charge is -2.11. The average molecular weight is 269 g/mol. The Morgan fingerprint density at radius 1 is 1.35 bits per heavy atom. The smallest absolute Gasteiger partial charge is 0.136 e. The average Bonchev–Trinajstić information content (AvgIpc) is 2.92. The Hall–Kier alpha value is -2.25. The summed E-state index contributed by atoms with van der Waals surface area (Å²) < 4.78 is 7.35. The van der Waals surface area contributed by atoms with Crippen molar-refractivity contribution in [3.8, 4) is 11.8 Å². The lowest BCUT2D eigenvalue weighted by atomic mass is 10.1. The fourth-order valence-electron chi connectivity index (χ4n) is 2.15. The van der Waals surface area contributed by atoms with E-state index in [-0.39, 0.29) is 0 Å². The molecule has 4 nitrogen and oxygen atoms in total. The van der Waals surface area contributed by atoms with Crippen LogP contribution in [0.3, 0.4) is 0 Å². The van der Waals surface area contributed by atoms with Crippen LogP contribution in [0, 0.1) is 11.3 Å². The minimum absolute atomic E-state index is 0.574. The van der Waals surface area contributed by atoms with Crippen molar-refractivity contribution in [2.45, 2.75) is 20.0 Å². The molecular weight excluding hydrogens is 250 g/mol. The molecule has 2 aromatic rings. The quantitative estimate of drug-likeness (QED) is 0.876. The number of nitriles is 1. The van der Waals surface area contributed by atoms with Crippen LogP contribution in [-0.2, 0) is 13.1 Å². The molecule has 0 bridgehead atoms. The van der Waals surface area contributed by atoms with Crippen LogP contribution in [0.1, 0.15) is 23.7 Å². The van der Waals surface area contributed by atoms with Crippen LogP contribution >= 0.6 is 0 Å². The van der Waals surface area contributed by atoms with E-state index in [1.165, 1.54) is 5.69 Å². The Kier molecular flexibility index (Phi) is 4.80. The van der Waals surface area contributed by atoms with Gasteiger partial charge in [-0.3, -0.25) is 0 Å². The minimum Gasteiger partial charge on any atom is -0.495 e. The van der Waals surface area contributed by atoms with Gasteiger partial charge in [-0.05, 0) is 36.4 Å². The van der Waals surface area contributed by atoms with Crippen LogP contribution in [0.25, 0.3) is 0 Å². The van der Waals surface area contributed by atoms with Gasteiger partial charge in [0.1, 0.15) is 11.8 Å². The summed E-state index contributed by atoms with van der Waals surface area (Å²) in [5, 5.41) is 12.4. The molecule has 1 N–H and O–H groups in total. The predicted octanol–water partition coefficient (Wildman–Crippen LogP) is 2.53. The van der Waals surface area contributed by atoms with E-state index in [1.807, 2.05) is 24.3 Å². The van der Waals surface area contributed by atoms with E-state index in [4.69, 9.17) is 10.00 Å². The fourth-order valence-corrected chi connectivity index (χ4v) is 2.15. The number of benzene rings is 1. The summed E-state index contributed by atoms with van der Waals surface area (Å²) in [6.07, 6.45) is 2.06. The molecule has 104 valence electrons. The largest absolute Gasteiger partial charge is 0.495 e. The van der Waals surface area contributed by atoms with Crippen LogP contribution in [0.2, 0.25) is 0 Å². The molecular formula is C16H19N3O. The predicted molar refractivity (Wildman–Crippen MR) is 78.6 cm³/mol. The second kappa shape index (κ2) is 6.78. The van der Waals surface area contributed by atoms with Gasteiger partial charge < -0.3 is 14.6 Å². The first-order valence-electron chi connectivity index (χ1n) is 6.70. The number of hydrogen-bond donors (Lipinski definition) is 1. The highest BCUT2D eigenvalue weighted by molar-refractivity contribution is 5.45. The van der Waals surface area contributed by atoms with Gasteiger partial charge >= 0.3 is 0 Å². The molecule has 0 aliphatic heterocycles. The third-order valence-corrected chi connectivity index (χ3v) is 3.22. The highest BCUT2D eigenvalue weighted by atomic mass is 16.5. The molecule has 0 spiro atoms. The molecule has 0 radical (unpaired) electrons. The van der Waals surface area contributed by atoms with Gasteiger partial charge in [0.25, 0.3) is 0 Å². The molecule has 0 atom stereocenters. The number of aromatic nitrogens is 1. The number of nitrogens with zero attached hydrogens (tertiary/aromatic N) is 2. The maximum Gasteiger partial charge on any atom is 0.136 e. The number of hydrogen-bond acceptors (Lipinski definition) is 3. The maximum absolute atomic E-state index is 9.12. The number of rotatable bonds is 6. The molecule has 0 aliphatic rings. The van der Waals surface area contributed by atoms with Crippen molar-refractivity contribution in [3.63, 3.8) is 0 Å². The molecule has 0 amide bonds. The van der Waals surface area contributed by atoms with E-state index in [2.05, 4.69) is 35.1 Å². The Labute approximate surface area is 119 Å². The van der Waals surface area contributed by atoms with Gasteiger partial charge in [0.15, 0.2) is 0 Å². The molecule has 20 heavy (non-hydrogen) atoms. The second-order valence-electron chi connectivity index (χ2n) is 4.55. The van der Waals surface area contributed by atoms with Crippen LogP contribution < -0.4 is 10.1 Å². The third kappa shape index (κ3) is 3.19. The van der Waals surface area contributed by atoms with E-state index in [9.17, 15) is 0 Å². The van der Waals surface area contributed by atoms with Crippen LogP contribution in [0.4, 0.5) is 0 Å². The SMILES string of the molecule is CCNCc1cccn1Cc1ccc(OC)c(C#N)c1. The van der Waals surface area contributed by atoms with Crippen molar-refractivity contribution < 1.29 is 4.74 Å². The molecule has 0 saturated heterocycles. The zero-order chi connectivity index (χ0) is 14.4. The molecule has 1 heterocycles. The van der Waals surface area contributed by atoms with Gasteiger partial charge in [-0.25, -0.2) is 0 Å². The van der Waals surface area contributed by atoms with Crippen molar-refractivity contribution in [2.24, 2.45) is 0 Å². The summed E-state index contributed by atoms with van der Waals surface area (Å²) in [5.74, 6) is 0.622. The topological polar surface area (TPSA) is 50.0 Å². The molecule has 1 aromatic heterocycles. The van der Waals surface area contributed by atoms with Crippen LogP contribution in [-0.4, -0.2) is 18.2 Å². The first-order chi connectivity index (χ1) is 9.78. The van der Waals surface area contributed by atoms with Gasteiger partial charge in [-0.1, -0.05) is 13.0 Å². The Morgan fingerprint density at radius 2 is 2.20 bits per heavy atom. The number of methoxy groups -OCH3 is 1. The van der Waals surface area contributed by atoms with Crippen molar-refractivity contribution in [2.75, 3.05) is 13.7 Å². The van der Waals surface area contributed by atoms with Gasteiger partial charge in [0.2, 0.25) is 0 Å². The molecule has 0 saturated carbocycles. The van der Waals surface area contributed by atoms with E-state index in [0.29, 0.717) is 11.3 Å². The van der Waals surface area contributed by atoms with Gasteiger partial charge in [-0.15, -0.1) is 0 Å². The lowest BCUT2D eigenvalue weighted by molar-refractivity contribution is 0.413. The molecule has 4 heteroatoms. The van der Waals surface area contributed by atoms with Crippen LogP contribution in [0.15, 0.2) is 36.5 Å². The lowest BCUT2D eigenvalue weighted by Crippen LogP contribution is -2.15. The Bertz CT molecular complexity index is 610. The van der Waals surface area contributed by atoms with E-state index in [1.54, 1.807) is 7.11 Å². The van der Waals surface area contributed by atoms with E-state index < -0.39 is 0 Å². The first kappa shape index (κ1) is 14.2. The monoisotopic (exact) mass is 269 g/mol. The highest BCUT2D eigenvalue weighted by Crippen LogP contribution is 2.19. The maximum atomic E-state index is 9.12. The van der Waals surface area contributed by atoms with Crippen molar-refractivity contribution in [3.05, 3.63) is 53.3 Å². The molecule has 0 unspecified atom stereocenters. The number of ether oxygens (including phenoxy) is 1. The van der Waals surface area contributed by atoms with Crippen molar-refractivity contribution in [1.29, 1.82) is 5.26 Å². The van der Waals surface area contributed by atoms with Crippen molar-refractivity contribution in [1.82, 2.24) is 9.88 Å². The highest BCUT2D eigenvalue weighted by Gasteiger charge is 2.06. The molecule has 1 aromatic carbocycles. The first-order valence-corrected chi connectivity index (χ1v) is 6.70. The van der Waals surface area contributed by atoms with E-state index in [0.717, 1.165) is 25.2 Å². The summed E-state index contributed by atoms with van der Waals surface area (Å²) >= 11 is 0. The zero-order valence-corrected chi connectivity index (χ0v) is 11.9. The normalized spacial score (nSPS) is 10.2. The molecule has 0 fully saturated rings. The van der Waals surface area contributed by atoms with Crippen LogP contribution in [0.5, 0.6) is 5.75 Å². The van der Waals surface area contributed by atoms with Gasteiger partial charge in [0, 0.05) is 25.0 Å². The summed E-state index contributed by atoms with van der Waals surface area (Å²) in [6, 6.07) is 12.1. The Morgan fingerprint density at radius 3 is 2.90 bits per heavy atom. The van der Waals surface area contributed by atoms with E-state index >= 15 is 0 Å². The van der Waals surface area contributed by atoms with Crippen molar-refractivity contribution >= 4 is 0 Å². The third-order valence-electron chi connectivity index (χ3n) is 3.22. The fraction of sp³-hybridized carbons (Fsp3) is 0.312. The standard InChI is InChI=1S/C16H19N3O/c1-3-18-11-15-5-4-8-19(15)12-13-6-7-16(20-2)14(9-13)10-17/h4-9,18H,3,11-12H2,1-2H3. The summed E-state index contributed by atoms with van der Waals surface area (Å²) in [6.45, 7) is 4.65.